The summed E-state index contributed by atoms with van der Waals surface area (Å²) in [6, 6.07) is 4.43. The third-order valence-corrected chi connectivity index (χ3v) is 3.39. The maximum atomic E-state index is 9.16. The average molecular weight is 230 g/mol. The Bertz CT molecular complexity index is 430. The standard InChI is InChI=1S/C13H18N4/c1-2-17(12-5-3-4-6-12)13-10(8-14)7-11(15)9-16-13/h7,9,12H,2-6,15H2,1H3. The van der Waals surface area contributed by atoms with Crippen LogP contribution in [0.15, 0.2) is 12.3 Å². The van der Waals surface area contributed by atoms with E-state index in [0.29, 0.717) is 17.3 Å². The molecule has 0 saturated heterocycles. The largest absolute Gasteiger partial charge is 0.397 e. The fraction of sp³-hybridized carbons (Fsp3) is 0.538. The molecule has 1 aliphatic carbocycles. The highest BCUT2D eigenvalue weighted by Crippen LogP contribution is 2.29. The molecule has 1 aromatic heterocycles. The lowest BCUT2D eigenvalue weighted by atomic mass is 10.1. The van der Waals surface area contributed by atoms with Gasteiger partial charge in [-0.1, -0.05) is 12.8 Å². The number of anilines is 2. The molecule has 2 N–H and O–H groups in total. The van der Waals surface area contributed by atoms with E-state index in [1.807, 2.05) is 0 Å². The van der Waals surface area contributed by atoms with Gasteiger partial charge in [-0.3, -0.25) is 0 Å². The van der Waals surface area contributed by atoms with E-state index in [-0.39, 0.29) is 0 Å². The Labute approximate surface area is 102 Å². The third kappa shape index (κ3) is 2.33. The molecule has 17 heavy (non-hydrogen) atoms. The van der Waals surface area contributed by atoms with Gasteiger partial charge in [-0.05, 0) is 25.8 Å². The number of hydrogen-bond donors (Lipinski definition) is 1. The van der Waals surface area contributed by atoms with E-state index < -0.39 is 0 Å². The van der Waals surface area contributed by atoms with Crippen molar-refractivity contribution < 1.29 is 0 Å². The minimum atomic E-state index is 0.531. The monoisotopic (exact) mass is 230 g/mol. The lowest BCUT2D eigenvalue weighted by Gasteiger charge is -2.29. The van der Waals surface area contributed by atoms with Gasteiger partial charge in [0.2, 0.25) is 0 Å². The lowest BCUT2D eigenvalue weighted by molar-refractivity contribution is 0.612. The van der Waals surface area contributed by atoms with Crippen LogP contribution in [0.3, 0.4) is 0 Å². The molecule has 0 spiro atoms. The van der Waals surface area contributed by atoms with Gasteiger partial charge in [0.25, 0.3) is 0 Å². The molecule has 4 nitrogen and oxygen atoms in total. The smallest absolute Gasteiger partial charge is 0.146 e. The summed E-state index contributed by atoms with van der Waals surface area (Å²) in [5.74, 6) is 0.788. The molecule has 1 fully saturated rings. The van der Waals surface area contributed by atoms with E-state index in [1.54, 1.807) is 12.3 Å². The second-order valence-electron chi connectivity index (χ2n) is 4.48. The zero-order chi connectivity index (χ0) is 12.3. The molecule has 0 amide bonds. The number of rotatable bonds is 3. The van der Waals surface area contributed by atoms with Crippen LogP contribution in [-0.2, 0) is 0 Å². The molecule has 4 heteroatoms. The van der Waals surface area contributed by atoms with Crippen LogP contribution in [0.25, 0.3) is 0 Å². The summed E-state index contributed by atoms with van der Waals surface area (Å²) in [5, 5.41) is 9.16. The summed E-state index contributed by atoms with van der Waals surface area (Å²) in [6.07, 6.45) is 6.58. The van der Waals surface area contributed by atoms with Gasteiger partial charge < -0.3 is 10.6 Å². The topological polar surface area (TPSA) is 65.9 Å². The summed E-state index contributed by atoms with van der Waals surface area (Å²) in [5.41, 5.74) is 6.80. The van der Waals surface area contributed by atoms with E-state index in [9.17, 15) is 0 Å². The number of nitriles is 1. The van der Waals surface area contributed by atoms with E-state index in [2.05, 4.69) is 22.9 Å². The first-order valence-corrected chi connectivity index (χ1v) is 6.18. The van der Waals surface area contributed by atoms with Crippen LogP contribution in [0.4, 0.5) is 11.5 Å². The Hall–Kier alpha value is -1.76. The SMILES string of the molecule is CCN(c1ncc(N)cc1C#N)C1CCCC1. The minimum absolute atomic E-state index is 0.531. The number of pyridine rings is 1. The fourth-order valence-electron chi connectivity index (χ4n) is 2.58. The van der Waals surface area contributed by atoms with Gasteiger partial charge in [-0.15, -0.1) is 0 Å². The molecule has 0 radical (unpaired) electrons. The van der Waals surface area contributed by atoms with E-state index in [4.69, 9.17) is 11.0 Å². The normalized spacial score (nSPS) is 15.8. The van der Waals surface area contributed by atoms with Crippen molar-refractivity contribution in [2.75, 3.05) is 17.2 Å². The average Bonchev–Trinajstić information content (AvgIpc) is 2.85. The van der Waals surface area contributed by atoms with Crippen LogP contribution in [0.2, 0.25) is 0 Å². The highest BCUT2D eigenvalue weighted by Gasteiger charge is 2.24. The summed E-state index contributed by atoms with van der Waals surface area (Å²) in [4.78, 5) is 6.58. The van der Waals surface area contributed by atoms with Crippen LogP contribution < -0.4 is 10.6 Å². The summed E-state index contributed by atoms with van der Waals surface area (Å²) in [7, 11) is 0. The number of nitrogen functional groups attached to an aromatic ring is 1. The molecule has 0 unspecified atom stereocenters. The highest BCUT2D eigenvalue weighted by molar-refractivity contribution is 5.59. The zero-order valence-electron chi connectivity index (χ0n) is 10.2. The third-order valence-electron chi connectivity index (χ3n) is 3.39. The first-order valence-electron chi connectivity index (χ1n) is 6.18. The number of nitrogens with two attached hydrogens (primary N) is 1. The molecule has 1 aliphatic rings. The van der Waals surface area contributed by atoms with Crippen LogP contribution >= 0.6 is 0 Å². The van der Waals surface area contributed by atoms with Crippen molar-refractivity contribution in [3.8, 4) is 6.07 Å². The van der Waals surface area contributed by atoms with Crippen LogP contribution in [-0.4, -0.2) is 17.6 Å². The molecule has 0 aliphatic heterocycles. The summed E-state index contributed by atoms with van der Waals surface area (Å²) >= 11 is 0. The number of nitrogens with zero attached hydrogens (tertiary/aromatic N) is 3. The quantitative estimate of drug-likeness (QED) is 0.865. The molecular formula is C13H18N4. The first-order chi connectivity index (χ1) is 8.26. The molecule has 0 bridgehead atoms. The lowest BCUT2D eigenvalue weighted by Crippen LogP contribution is -2.34. The Morgan fingerprint density at radius 1 is 1.53 bits per heavy atom. The van der Waals surface area contributed by atoms with Crippen molar-refractivity contribution in [3.05, 3.63) is 17.8 Å². The van der Waals surface area contributed by atoms with Gasteiger partial charge in [-0.25, -0.2) is 4.98 Å². The number of hydrogen-bond acceptors (Lipinski definition) is 4. The number of aromatic nitrogens is 1. The predicted octanol–water partition coefficient (Wildman–Crippen LogP) is 2.30. The van der Waals surface area contributed by atoms with Crippen molar-refractivity contribution >= 4 is 11.5 Å². The van der Waals surface area contributed by atoms with E-state index >= 15 is 0 Å². The van der Waals surface area contributed by atoms with Gasteiger partial charge in [0.15, 0.2) is 0 Å². The molecule has 90 valence electrons. The molecule has 0 aromatic carbocycles. The van der Waals surface area contributed by atoms with Crippen molar-refractivity contribution in [2.45, 2.75) is 38.6 Å². The van der Waals surface area contributed by atoms with Crippen molar-refractivity contribution in [1.29, 1.82) is 5.26 Å². The van der Waals surface area contributed by atoms with Gasteiger partial charge in [0.05, 0.1) is 17.4 Å². The van der Waals surface area contributed by atoms with Crippen LogP contribution in [0.1, 0.15) is 38.2 Å². The van der Waals surface area contributed by atoms with Gasteiger partial charge in [-0.2, -0.15) is 5.26 Å². The van der Waals surface area contributed by atoms with Gasteiger partial charge in [0, 0.05) is 12.6 Å². The Balaban J connectivity index is 2.33. The van der Waals surface area contributed by atoms with Crippen LogP contribution in [0.5, 0.6) is 0 Å². The van der Waals surface area contributed by atoms with Gasteiger partial charge in [0.1, 0.15) is 11.9 Å². The Morgan fingerprint density at radius 3 is 2.82 bits per heavy atom. The van der Waals surface area contributed by atoms with E-state index in [0.717, 1.165) is 12.4 Å². The minimum Gasteiger partial charge on any atom is -0.397 e. The second-order valence-corrected chi connectivity index (χ2v) is 4.48. The maximum Gasteiger partial charge on any atom is 0.146 e. The molecule has 1 saturated carbocycles. The maximum absolute atomic E-state index is 9.16. The highest BCUT2D eigenvalue weighted by atomic mass is 15.2. The first kappa shape index (κ1) is 11.7. The second kappa shape index (κ2) is 5.05. The van der Waals surface area contributed by atoms with Gasteiger partial charge >= 0.3 is 0 Å². The molecule has 2 rings (SSSR count). The zero-order valence-corrected chi connectivity index (χ0v) is 10.2. The van der Waals surface area contributed by atoms with Crippen LogP contribution in [0, 0.1) is 11.3 Å². The molecular weight excluding hydrogens is 212 g/mol. The molecule has 0 atom stereocenters. The summed E-state index contributed by atoms with van der Waals surface area (Å²) in [6.45, 7) is 2.99. The van der Waals surface area contributed by atoms with Crippen molar-refractivity contribution in [3.63, 3.8) is 0 Å². The van der Waals surface area contributed by atoms with Crippen molar-refractivity contribution in [1.82, 2.24) is 4.98 Å². The van der Waals surface area contributed by atoms with E-state index in [1.165, 1.54) is 25.7 Å². The molecule has 1 heterocycles. The fourth-order valence-corrected chi connectivity index (χ4v) is 2.58. The summed E-state index contributed by atoms with van der Waals surface area (Å²) < 4.78 is 0. The Morgan fingerprint density at radius 2 is 2.24 bits per heavy atom. The van der Waals surface area contributed by atoms with Crippen molar-refractivity contribution in [2.24, 2.45) is 0 Å². The molecule has 1 aromatic rings. The predicted molar refractivity (Wildman–Crippen MR) is 68.6 cm³/mol. The Kier molecular flexibility index (Phi) is 3.48.